The average Bonchev–Trinajstić information content (AvgIpc) is 2.85. The summed E-state index contributed by atoms with van der Waals surface area (Å²) < 4.78 is 7.04. The van der Waals surface area contributed by atoms with Crippen LogP contribution in [-0.2, 0) is 4.79 Å². The van der Waals surface area contributed by atoms with Crippen molar-refractivity contribution in [3.63, 3.8) is 0 Å². The highest BCUT2D eigenvalue weighted by molar-refractivity contribution is 5.87. The average molecular weight is 281 g/mol. The van der Waals surface area contributed by atoms with Gasteiger partial charge in [0.15, 0.2) is 0 Å². The van der Waals surface area contributed by atoms with Crippen LogP contribution in [0.1, 0.15) is 5.69 Å². The first-order valence-electron chi connectivity index (χ1n) is 6.57. The van der Waals surface area contributed by atoms with Crippen molar-refractivity contribution in [2.75, 3.05) is 12.0 Å². The lowest BCUT2D eigenvalue weighted by Crippen LogP contribution is -2.17. The van der Waals surface area contributed by atoms with E-state index in [1.54, 1.807) is 12.0 Å². The maximum absolute atomic E-state index is 11.6. The van der Waals surface area contributed by atoms with Crippen LogP contribution in [0.4, 0.5) is 11.5 Å². The summed E-state index contributed by atoms with van der Waals surface area (Å²) in [5.74, 6) is 1.49. The van der Waals surface area contributed by atoms with Crippen LogP contribution in [0, 0.1) is 6.92 Å². The van der Waals surface area contributed by atoms with E-state index in [9.17, 15) is 4.79 Å². The number of carbonyl (C=O) groups excluding carboxylic acids is 1. The number of imidazole rings is 1. The fourth-order valence-electron chi connectivity index (χ4n) is 2.37. The van der Waals surface area contributed by atoms with Gasteiger partial charge in [0.05, 0.1) is 18.5 Å². The molecule has 5 heteroatoms. The van der Waals surface area contributed by atoms with Gasteiger partial charge in [0.1, 0.15) is 17.2 Å². The number of hydrogen-bond acceptors (Lipinski definition) is 3. The molecule has 1 aromatic carbocycles. The molecule has 0 aliphatic heterocycles. The molecule has 2 aromatic heterocycles. The van der Waals surface area contributed by atoms with Crippen LogP contribution >= 0.6 is 0 Å². The second-order valence-electron chi connectivity index (χ2n) is 4.62. The van der Waals surface area contributed by atoms with E-state index < -0.39 is 0 Å². The minimum atomic E-state index is 0.741. The van der Waals surface area contributed by atoms with Gasteiger partial charge in [0, 0.05) is 6.20 Å². The lowest BCUT2D eigenvalue weighted by molar-refractivity contribution is -0.106. The number of fused-ring (bicyclic) bond motifs is 1. The quantitative estimate of drug-likeness (QED) is 0.691. The molecule has 2 heterocycles. The van der Waals surface area contributed by atoms with E-state index in [4.69, 9.17) is 4.74 Å². The molecule has 0 N–H and O–H groups in total. The zero-order chi connectivity index (χ0) is 14.8. The third-order valence-corrected chi connectivity index (χ3v) is 3.36. The number of methoxy groups -OCH3 is 1. The maximum atomic E-state index is 11.6. The van der Waals surface area contributed by atoms with Crippen molar-refractivity contribution in [3.05, 3.63) is 54.4 Å². The Morgan fingerprint density at radius 3 is 2.62 bits per heavy atom. The van der Waals surface area contributed by atoms with Gasteiger partial charge in [-0.15, -0.1) is 0 Å². The second-order valence-corrected chi connectivity index (χ2v) is 4.62. The van der Waals surface area contributed by atoms with Crippen LogP contribution in [0.25, 0.3) is 5.65 Å². The van der Waals surface area contributed by atoms with Crippen molar-refractivity contribution >= 4 is 23.6 Å². The van der Waals surface area contributed by atoms with Crippen molar-refractivity contribution < 1.29 is 9.53 Å². The molecule has 3 rings (SSSR count). The summed E-state index contributed by atoms with van der Waals surface area (Å²) in [6.07, 6.45) is 2.69. The molecule has 0 saturated carbocycles. The Balaban J connectivity index is 2.13. The molecule has 0 aliphatic carbocycles. The van der Waals surface area contributed by atoms with E-state index >= 15 is 0 Å². The number of benzene rings is 1. The molecule has 0 aliphatic rings. The number of pyridine rings is 1. The number of ether oxygens (including phenoxy) is 1. The minimum absolute atomic E-state index is 0.741. The number of anilines is 2. The molecule has 0 bridgehead atoms. The summed E-state index contributed by atoms with van der Waals surface area (Å²) in [5.41, 5.74) is 2.37. The summed E-state index contributed by atoms with van der Waals surface area (Å²) in [4.78, 5) is 17.7. The lowest BCUT2D eigenvalue weighted by atomic mass is 10.2. The van der Waals surface area contributed by atoms with E-state index in [2.05, 4.69) is 4.98 Å². The number of hydrogen-bond donors (Lipinski definition) is 0. The highest BCUT2D eigenvalue weighted by Crippen LogP contribution is 2.29. The Kier molecular flexibility index (Phi) is 3.31. The zero-order valence-corrected chi connectivity index (χ0v) is 11.9. The lowest BCUT2D eigenvalue weighted by Gasteiger charge is -2.18. The monoisotopic (exact) mass is 281 g/mol. The number of aromatic nitrogens is 2. The molecule has 0 atom stereocenters. The van der Waals surface area contributed by atoms with Crippen molar-refractivity contribution in [3.8, 4) is 5.75 Å². The summed E-state index contributed by atoms with van der Waals surface area (Å²) in [7, 11) is 1.61. The molecule has 106 valence electrons. The predicted molar refractivity (Wildman–Crippen MR) is 81.1 cm³/mol. The molecule has 3 aromatic rings. The highest BCUT2D eigenvalue weighted by Gasteiger charge is 2.17. The van der Waals surface area contributed by atoms with Gasteiger partial charge in [-0.05, 0) is 43.3 Å². The molecule has 21 heavy (non-hydrogen) atoms. The number of carbonyl (C=O) groups is 1. The molecular formula is C16H15N3O2. The van der Waals surface area contributed by atoms with Crippen LogP contribution in [0.5, 0.6) is 5.75 Å². The first-order chi connectivity index (χ1) is 10.2. The summed E-state index contributed by atoms with van der Waals surface area (Å²) in [5, 5.41) is 0. The van der Waals surface area contributed by atoms with Gasteiger partial charge in [-0.25, -0.2) is 4.98 Å². The minimum Gasteiger partial charge on any atom is -0.497 e. The Morgan fingerprint density at radius 2 is 1.95 bits per heavy atom. The van der Waals surface area contributed by atoms with Gasteiger partial charge >= 0.3 is 0 Å². The largest absolute Gasteiger partial charge is 0.497 e. The Morgan fingerprint density at radius 1 is 1.19 bits per heavy atom. The predicted octanol–water partition coefficient (Wildman–Crippen LogP) is 2.95. The van der Waals surface area contributed by atoms with Gasteiger partial charge in [-0.2, -0.15) is 0 Å². The number of aryl methyl sites for hydroxylation is 1. The van der Waals surface area contributed by atoms with E-state index in [-0.39, 0.29) is 0 Å². The Labute approximate surface area is 122 Å². The fourth-order valence-corrected chi connectivity index (χ4v) is 2.37. The third-order valence-electron chi connectivity index (χ3n) is 3.36. The molecule has 0 spiro atoms. The van der Waals surface area contributed by atoms with E-state index in [1.807, 2.05) is 60.0 Å². The first-order valence-corrected chi connectivity index (χ1v) is 6.57. The molecular weight excluding hydrogens is 266 g/mol. The molecule has 5 nitrogen and oxygen atoms in total. The normalized spacial score (nSPS) is 10.6. The number of rotatable bonds is 4. The number of amides is 1. The smallest absolute Gasteiger partial charge is 0.219 e. The Hall–Kier alpha value is -2.82. The summed E-state index contributed by atoms with van der Waals surface area (Å²) >= 11 is 0. The molecule has 0 fully saturated rings. The van der Waals surface area contributed by atoms with Crippen LogP contribution in [-0.4, -0.2) is 22.9 Å². The first kappa shape index (κ1) is 13.2. The SMILES string of the molecule is COc1ccc(N(C=O)c2c(C)nc3ccccn23)cc1. The third kappa shape index (κ3) is 2.23. The van der Waals surface area contributed by atoms with Crippen LogP contribution in [0.15, 0.2) is 48.7 Å². The van der Waals surface area contributed by atoms with Crippen LogP contribution in [0.3, 0.4) is 0 Å². The van der Waals surface area contributed by atoms with E-state index in [0.717, 1.165) is 35.0 Å². The second kappa shape index (κ2) is 5.28. The zero-order valence-electron chi connectivity index (χ0n) is 11.9. The fraction of sp³-hybridized carbons (Fsp3) is 0.125. The van der Waals surface area contributed by atoms with E-state index in [1.165, 1.54) is 0 Å². The van der Waals surface area contributed by atoms with Gasteiger partial charge in [-0.3, -0.25) is 14.1 Å². The van der Waals surface area contributed by atoms with Crippen molar-refractivity contribution in [2.45, 2.75) is 6.92 Å². The highest BCUT2D eigenvalue weighted by atomic mass is 16.5. The Bertz CT molecular complexity index is 778. The van der Waals surface area contributed by atoms with Crippen molar-refractivity contribution in [1.29, 1.82) is 0 Å². The summed E-state index contributed by atoms with van der Waals surface area (Å²) in [6, 6.07) is 13.1. The van der Waals surface area contributed by atoms with Gasteiger partial charge in [0.25, 0.3) is 0 Å². The maximum Gasteiger partial charge on any atom is 0.219 e. The number of nitrogens with zero attached hydrogens (tertiary/aromatic N) is 3. The van der Waals surface area contributed by atoms with Crippen molar-refractivity contribution in [2.24, 2.45) is 0 Å². The van der Waals surface area contributed by atoms with Gasteiger partial charge < -0.3 is 4.74 Å². The van der Waals surface area contributed by atoms with Crippen LogP contribution in [0.2, 0.25) is 0 Å². The topological polar surface area (TPSA) is 46.8 Å². The summed E-state index contributed by atoms with van der Waals surface area (Å²) in [6.45, 7) is 1.89. The molecule has 0 radical (unpaired) electrons. The standard InChI is InChI=1S/C16H15N3O2/c1-12-16(18-10-4-3-5-15(18)17-12)19(11-20)13-6-8-14(21-2)9-7-13/h3-11H,1-2H3. The van der Waals surface area contributed by atoms with Crippen LogP contribution < -0.4 is 9.64 Å². The molecule has 0 unspecified atom stereocenters. The molecule has 0 saturated heterocycles. The van der Waals surface area contributed by atoms with Gasteiger partial charge in [-0.1, -0.05) is 6.07 Å². The molecule has 1 amide bonds. The van der Waals surface area contributed by atoms with Gasteiger partial charge in [0.2, 0.25) is 6.41 Å². The van der Waals surface area contributed by atoms with Crippen molar-refractivity contribution in [1.82, 2.24) is 9.38 Å². The van der Waals surface area contributed by atoms with E-state index in [0.29, 0.717) is 0 Å².